The van der Waals surface area contributed by atoms with Gasteiger partial charge in [0.15, 0.2) is 0 Å². The molecule has 1 nitrogen and oxygen atoms in total. The average Bonchev–Trinajstić information content (AvgIpc) is 1.88. The molecule has 0 aliphatic rings. The standard InChI is InChI=1S/C9H21N/c1-6-10(7-2)8-9(3,4)5/h6-8H2,1-5H3/i8D. The molecule has 0 aliphatic heterocycles. The first-order valence-electron chi connectivity index (χ1n) is 4.67. The van der Waals surface area contributed by atoms with Crippen LogP contribution in [0.5, 0.6) is 0 Å². The van der Waals surface area contributed by atoms with Crippen LogP contribution in [0.25, 0.3) is 0 Å². The predicted octanol–water partition coefficient (Wildman–Crippen LogP) is 2.37. The van der Waals surface area contributed by atoms with Gasteiger partial charge in [-0.25, -0.2) is 0 Å². The van der Waals surface area contributed by atoms with Crippen molar-refractivity contribution in [1.29, 1.82) is 0 Å². The molecule has 0 amide bonds. The highest BCUT2D eigenvalue weighted by atomic mass is 15.1. The normalized spacial score (nSPS) is 17.2. The molecule has 0 saturated carbocycles. The van der Waals surface area contributed by atoms with Gasteiger partial charge in [-0.1, -0.05) is 34.6 Å². The maximum atomic E-state index is 7.91. The van der Waals surface area contributed by atoms with Crippen molar-refractivity contribution in [2.24, 2.45) is 5.41 Å². The van der Waals surface area contributed by atoms with Crippen LogP contribution in [0.1, 0.15) is 36.0 Å². The summed E-state index contributed by atoms with van der Waals surface area (Å²) in [7, 11) is 0. The van der Waals surface area contributed by atoms with Gasteiger partial charge in [0, 0.05) is 7.89 Å². The first-order chi connectivity index (χ1) is 4.93. The molecule has 0 fully saturated rings. The molecule has 0 aliphatic carbocycles. The van der Waals surface area contributed by atoms with Gasteiger partial charge in [0.2, 0.25) is 0 Å². The minimum atomic E-state index is -0.0718. The molecule has 1 atom stereocenters. The van der Waals surface area contributed by atoms with Crippen molar-refractivity contribution in [2.45, 2.75) is 34.6 Å². The lowest BCUT2D eigenvalue weighted by atomic mass is 9.96. The maximum absolute atomic E-state index is 7.91. The Balaban J connectivity index is 4.09. The third kappa shape index (κ3) is 4.80. The Hall–Kier alpha value is -0.0400. The van der Waals surface area contributed by atoms with Gasteiger partial charge in [-0.3, -0.25) is 0 Å². The number of nitrogens with zero attached hydrogens (tertiary/aromatic N) is 1. The summed E-state index contributed by atoms with van der Waals surface area (Å²) < 4.78 is 7.91. The van der Waals surface area contributed by atoms with Crippen LogP contribution in [0.2, 0.25) is 0 Å². The van der Waals surface area contributed by atoms with Crippen LogP contribution in [-0.2, 0) is 0 Å². The molecule has 0 bridgehead atoms. The zero-order valence-electron chi connectivity index (χ0n) is 8.94. The Kier molecular flexibility index (Phi) is 3.20. The van der Waals surface area contributed by atoms with E-state index in [2.05, 4.69) is 39.5 Å². The van der Waals surface area contributed by atoms with Crippen LogP contribution in [-0.4, -0.2) is 24.5 Å². The zero-order chi connectivity index (χ0) is 9.07. The maximum Gasteiger partial charge on any atom is 0.0436 e. The first kappa shape index (κ1) is 8.06. The van der Waals surface area contributed by atoms with E-state index in [1.807, 2.05) is 0 Å². The van der Waals surface area contributed by atoms with Crippen LogP contribution in [0.4, 0.5) is 0 Å². The summed E-state index contributed by atoms with van der Waals surface area (Å²) in [6.07, 6.45) is 0. The highest BCUT2D eigenvalue weighted by Crippen LogP contribution is 2.14. The van der Waals surface area contributed by atoms with Gasteiger partial charge >= 0.3 is 0 Å². The highest BCUT2D eigenvalue weighted by molar-refractivity contribution is 4.66. The molecule has 0 aromatic carbocycles. The summed E-state index contributed by atoms with van der Waals surface area (Å²) >= 11 is 0. The SMILES string of the molecule is [2H]C(N(CC)CC)C(C)(C)C. The summed E-state index contributed by atoms with van der Waals surface area (Å²) in [4.78, 5) is 2.17. The molecule has 0 aromatic heterocycles. The van der Waals surface area contributed by atoms with Crippen LogP contribution >= 0.6 is 0 Å². The van der Waals surface area contributed by atoms with Crippen molar-refractivity contribution in [2.75, 3.05) is 19.6 Å². The van der Waals surface area contributed by atoms with Gasteiger partial charge < -0.3 is 4.90 Å². The lowest BCUT2D eigenvalue weighted by Crippen LogP contribution is -2.32. The topological polar surface area (TPSA) is 3.24 Å². The van der Waals surface area contributed by atoms with E-state index in [1.165, 1.54) is 0 Å². The van der Waals surface area contributed by atoms with Crippen molar-refractivity contribution in [3.8, 4) is 0 Å². The Labute approximate surface area is 66.8 Å². The van der Waals surface area contributed by atoms with Gasteiger partial charge in [0.1, 0.15) is 0 Å². The monoisotopic (exact) mass is 144 g/mol. The Bertz CT molecular complexity index is 103. The van der Waals surface area contributed by atoms with Crippen molar-refractivity contribution in [3.05, 3.63) is 0 Å². The van der Waals surface area contributed by atoms with E-state index in [4.69, 9.17) is 1.37 Å². The average molecular weight is 144 g/mol. The molecule has 10 heavy (non-hydrogen) atoms. The fraction of sp³-hybridized carbons (Fsp3) is 1.00. The van der Waals surface area contributed by atoms with Gasteiger partial charge in [-0.15, -0.1) is 0 Å². The molecular formula is C9H21N. The van der Waals surface area contributed by atoms with E-state index in [0.29, 0.717) is 0 Å². The molecule has 0 saturated heterocycles. The molecule has 0 spiro atoms. The fourth-order valence-corrected chi connectivity index (χ4v) is 0.954. The molecule has 1 unspecified atom stereocenters. The quantitative estimate of drug-likeness (QED) is 0.588. The number of hydrogen-bond acceptors (Lipinski definition) is 1. The molecule has 1 heteroatoms. The molecule has 0 rings (SSSR count). The minimum absolute atomic E-state index is 0.0718. The van der Waals surface area contributed by atoms with E-state index >= 15 is 0 Å². The Morgan fingerprint density at radius 3 is 1.70 bits per heavy atom. The third-order valence-electron chi connectivity index (χ3n) is 1.38. The van der Waals surface area contributed by atoms with Crippen LogP contribution in [0, 0.1) is 5.41 Å². The lowest BCUT2D eigenvalue weighted by Gasteiger charge is -2.27. The predicted molar refractivity (Wildman–Crippen MR) is 47.2 cm³/mol. The molecule has 0 heterocycles. The van der Waals surface area contributed by atoms with Gasteiger partial charge in [-0.05, 0) is 18.5 Å². The molecular weight excluding hydrogens is 122 g/mol. The van der Waals surface area contributed by atoms with E-state index < -0.39 is 0 Å². The van der Waals surface area contributed by atoms with Crippen LogP contribution in [0.15, 0.2) is 0 Å². The Morgan fingerprint density at radius 1 is 1.20 bits per heavy atom. The van der Waals surface area contributed by atoms with Crippen molar-refractivity contribution >= 4 is 0 Å². The van der Waals surface area contributed by atoms with E-state index in [1.54, 1.807) is 0 Å². The molecule has 0 aromatic rings. The van der Waals surface area contributed by atoms with Gasteiger partial charge in [-0.2, -0.15) is 0 Å². The fourth-order valence-electron chi connectivity index (χ4n) is 0.954. The van der Waals surface area contributed by atoms with Crippen molar-refractivity contribution < 1.29 is 1.37 Å². The molecule has 62 valence electrons. The number of hydrogen-bond donors (Lipinski definition) is 0. The lowest BCUT2D eigenvalue weighted by molar-refractivity contribution is 0.208. The first-order valence-corrected chi connectivity index (χ1v) is 4.09. The van der Waals surface area contributed by atoms with Gasteiger partial charge in [0.05, 0.1) is 0 Å². The zero-order valence-corrected chi connectivity index (χ0v) is 7.94. The second kappa shape index (κ2) is 3.97. The van der Waals surface area contributed by atoms with Gasteiger partial charge in [0.25, 0.3) is 0 Å². The molecule has 0 radical (unpaired) electrons. The number of rotatable bonds is 3. The molecule has 0 N–H and O–H groups in total. The third-order valence-corrected chi connectivity index (χ3v) is 1.38. The van der Waals surface area contributed by atoms with Crippen LogP contribution in [0.3, 0.4) is 0 Å². The van der Waals surface area contributed by atoms with E-state index in [-0.39, 0.29) is 11.9 Å². The van der Waals surface area contributed by atoms with E-state index in [9.17, 15) is 0 Å². The summed E-state index contributed by atoms with van der Waals surface area (Å²) in [6, 6.07) is 0. The van der Waals surface area contributed by atoms with Crippen molar-refractivity contribution in [3.63, 3.8) is 0 Å². The highest BCUT2D eigenvalue weighted by Gasteiger charge is 2.13. The summed E-state index contributed by atoms with van der Waals surface area (Å²) in [5, 5.41) is 0. The van der Waals surface area contributed by atoms with E-state index in [0.717, 1.165) is 13.1 Å². The summed E-state index contributed by atoms with van der Waals surface area (Å²) in [5.41, 5.74) is 0.0754. The van der Waals surface area contributed by atoms with Crippen LogP contribution < -0.4 is 0 Å². The Morgan fingerprint density at radius 2 is 1.60 bits per heavy atom. The second-order valence-electron chi connectivity index (χ2n) is 3.72. The summed E-state index contributed by atoms with van der Waals surface area (Å²) in [6.45, 7) is 12.4. The summed E-state index contributed by atoms with van der Waals surface area (Å²) in [5.74, 6) is 0. The smallest absolute Gasteiger partial charge is 0.0436 e. The van der Waals surface area contributed by atoms with Crippen molar-refractivity contribution in [1.82, 2.24) is 4.90 Å². The minimum Gasteiger partial charge on any atom is -0.303 e. The second-order valence-corrected chi connectivity index (χ2v) is 3.72. The largest absolute Gasteiger partial charge is 0.303 e.